The predicted molar refractivity (Wildman–Crippen MR) is 72.0 cm³/mol. The lowest BCUT2D eigenvalue weighted by molar-refractivity contribution is 0.176. The van der Waals surface area contributed by atoms with E-state index >= 15 is 0 Å². The van der Waals surface area contributed by atoms with Crippen molar-refractivity contribution in [2.75, 3.05) is 0 Å². The summed E-state index contributed by atoms with van der Waals surface area (Å²) in [5, 5.41) is 10.4. The van der Waals surface area contributed by atoms with Gasteiger partial charge in [0.1, 0.15) is 11.0 Å². The molecule has 0 bridgehead atoms. The molecule has 0 radical (unpaired) electrons. The van der Waals surface area contributed by atoms with Crippen molar-refractivity contribution in [2.24, 2.45) is 0 Å². The summed E-state index contributed by atoms with van der Waals surface area (Å²) in [7, 11) is 0. The molecule has 0 aliphatic rings. The van der Waals surface area contributed by atoms with E-state index in [1.807, 2.05) is 0 Å². The monoisotopic (exact) mass is 329 g/mol. The van der Waals surface area contributed by atoms with Crippen molar-refractivity contribution in [3.05, 3.63) is 63.1 Å². The molecule has 2 aromatic rings. The molecule has 0 amide bonds. The first-order valence-electron chi connectivity index (χ1n) is 5.29. The number of pyridine rings is 1. The Bertz CT molecular complexity index is 547. The van der Waals surface area contributed by atoms with Crippen molar-refractivity contribution in [1.29, 1.82) is 0 Å². The van der Waals surface area contributed by atoms with Crippen LogP contribution in [0.5, 0.6) is 0 Å². The van der Waals surface area contributed by atoms with Crippen molar-refractivity contribution < 1.29 is 9.50 Å². The molecule has 0 saturated carbocycles. The summed E-state index contributed by atoms with van der Waals surface area (Å²) in [5.74, 6) is -0.342. The van der Waals surface area contributed by atoms with E-state index in [-0.39, 0.29) is 12.2 Å². The molecule has 2 rings (SSSR count). The molecule has 1 heterocycles. The third kappa shape index (κ3) is 3.28. The van der Waals surface area contributed by atoms with Crippen LogP contribution < -0.4 is 0 Å². The average molecular weight is 331 g/mol. The van der Waals surface area contributed by atoms with Crippen molar-refractivity contribution in [1.82, 2.24) is 4.98 Å². The Morgan fingerprint density at radius 2 is 2.11 bits per heavy atom. The SMILES string of the molecule is OC(Cc1ccc(Br)cc1F)c1ccc(Cl)nc1. The standard InChI is InChI=1S/C13H10BrClFNO/c14-10-3-1-8(11(16)6-10)5-12(18)9-2-4-13(15)17-7-9/h1-4,6-7,12,18H,5H2. The van der Waals surface area contributed by atoms with Crippen molar-refractivity contribution in [3.63, 3.8) is 0 Å². The summed E-state index contributed by atoms with van der Waals surface area (Å²) in [6, 6.07) is 8.04. The summed E-state index contributed by atoms with van der Waals surface area (Å²) in [4.78, 5) is 3.88. The Labute approximate surface area is 118 Å². The number of aliphatic hydroxyl groups excluding tert-OH is 1. The van der Waals surface area contributed by atoms with Gasteiger partial charge in [-0.1, -0.05) is 39.7 Å². The van der Waals surface area contributed by atoms with E-state index < -0.39 is 6.10 Å². The molecule has 94 valence electrons. The van der Waals surface area contributed by atoms with E-state index in [2.05, 4.69) is 20.9 Å². The molecule has 1 aromatic heterocycles. The molecule has 1 aromatic carbocycles. The molecule has 0 saturated heterocycles. The fourth-order valence-corrected chi connectivity index (χ4v) is 2.04. The minimum absolute atomic E-state index is 0.197. The molecule has 0 aliphatic heterocycles. The first-order chi connectivity index (χ1) is 8.56. The highest BCUT2D eigenvalue weighted by Gasteiger charge is 2.12. The van der Waals surface area contributed by atoms with Gasteiger partial charge < -0.3 is 5.11 Å². The van der Waals surface area contributed by atoms with Gasteiger partial charge in [0.05, 0.1) is 6.10 Å². The van der Waals surface area contributed by atoms with Crippen molar-refractivity contribution >= 4 is 27.5 Å². The maximum atomic E-state index is 13.6. The topological polar surface area (TPSA) is 33.1 Å². The Balaban J connectivity index is 2.15. The van der Waals surface area contributed by atoms with E-state index in [0.717, 1.165) is 0 Å². The van der Waals surface area contributed by atoms with Gasteiger partial charge in [-0.25, -0.2) is 9.37 Å². The summed E-state index contributed by atoms with van der Waals surface area (Å²) >= 11 is 8.85. The summed E-state index contributed by atoms with van der Waals surface area (Å²) < 4.78 is 14.3. The van der Waals surface area contributed by atoms with E-state index in [1.54, 1.807) is 24.3 Å². The fourth-order valence-electron chi connectivity index (χ4n) is 1.60. The van der Waals surface area contributed by atoms with Crippen LogP contribution in [-0.2, 0) is 6.42 Å². The largest absolute Gasteiger partial charge is 0.388 e. The maximum absolute atomic E-state index is 13.6. The van der Waals surface area contributed by atoms with Crippen LogP contribution >= 0.6 is 27.5 Å². The van der Waals surface area contributed by atoms with Gasteiger partial charge in [-0.15, -0.1) is 0 Å². The quantitative estimate of drug-likeness (QED) is 0.866. The number of hydrogen-bond acceptors (Lipinski definition) is 2. The number of aliphatic hydroxyl groups is 1. The minimum atomic E-state index is -0.801. The lowest BCUT2D eigenvalue weighted by Gasteiger charge is -2.11. The zero-order chi connectivity index (χ0) is 13.1. The Kier molecular flexibility index (Phi) is 4.32. The van der Waals surface area contributed by atoms with Crippen LogP contribution in [0.4, 0.5) is 4.39 Å². The lowest BCUT2D eigenvalue weighted by atomic mass is 10.0. The molecular weight excluding hydrogens is 321 g/mol. The van der Waals surface area contributed by atoms with Gasteiger partial charge in [-0.3, -0.25) is 0 Å². The van der Waals surface area contributed by atoms with Crippen molar-refractivity contribution in [3.8, 4) is 0 Å². The minimum Gasteiger partial charge on any atom is -0.388 e. The Hall–Kier alpha value is -0.970. The number of rotatable bonds is 3. The zero-order valence-corrected chi connectivity index (χ0v) is 11.6. The van der Waals surface area contributed by atoms with Gasteiger partial charge in [0.25, 0.3) is 0 Å². The molecule has 2 nitrogen and oxygen atoms in total. The van der Waals surface area contributed by atoms with Crippen LogP contribution in [-0.4, -0.2) is 10.1 Å². The molecule has 1 atom stereocenters. The van der Waals surface area contributed by atoms with Crippen LogP contribution in [0.3, 0.4) is 0 Å². The first-order valence-corrected chi connectivity index (χ1v) is 6.47. The second-order valence-electron chi connectivity index (χ2n) is 3.87. The van der Waals surface area contributed by atoms with E-state index in [9.17, 15) is 9.50 Å². The van der Waals surface area contributed by atoms with Crippen LogP contribution in [0, 0.1) is 5.82 Å². The highest BCUT2D eigenvalue weighted by molar-refractivity contribution is 9.10. The fraction of sp³-hybridized carbons (Fsp3) is 0.154. The number of halogens is 3. The highest BCUT2D eigenvalue weighted by Crippen LogP contribution is 2.22. The van der Waals surface area contributed by atoms with Crippen LogP contribution in [0.2, 0.25) is 5.15 Å². The summed E-state index contributed by atoms with van der Waals surface area (Å²) in [5.41, 5.74) is 1.07. The molecule has 0 spiro atoms. The lowest BCUT2D eigenvalue weighted by Crippen LogP contribution is -2.04. The van der Waals surface area contributed by atoms with Gasteiger partial charge in [-0.05, 0) is 29.3 Å². The first kappa shape index (κ1) is 13.5. The van der Waals surface area contributed by atoms with Gasteiger partial charge in [-0.2, -0.15) is 0 Å². The van der Waals surface area contributed by atoms with E-state index in [0.29, 0.717) is 20.8 Å². The summed E-state index contributed by atoms with van der Waals surface area (Å²) in [6.45, 7) is 0. The van der Waals surface area contributed by atoms with Crippen LogP contribution in [0.15, 0.2) is 41.0 Å². The number of benzene rings is 1. The van der Waals surface area contributed by atoms with E-state index in [1.165, 1.54) is 12.3 Å². The normalized spacial score (nSPS) is 12.4. The molecule has 1 unspecified atom stereocenters. The molecule has 1 N–H and O–H groups in total. The van der Waals surface area contributed by atoms with Gasteiger partial charge >= 0.3 is 0 Å². The van der Waals surface area contributed by atoms with Gasteiger partial charge in [0.15, 0.2) is 0 Å². The Morgan fingerprint density at radius 3 is 2.72 bits per heavy atom. The number of nitrogens with zero attached hydrogens (tertiary/aromatic N) is 1. The molecule has 5 heteroatoms. The average Bonchev–Trinajstić information content (AvgIpc) is 2.33. The number of hydrogen-bond donors (Lipinski definition) is 1. The Morgan fingerprint density at radius 1 is 1.33 bits per heavy atom. The van der Waals surface area contributed by atoms with Crippen LogP contribution in [0.25, 0.3) is 0 Å². The second-order valence-corrected chi connectivity index (χ2v) is 5.17. The van der Waals surface area contributed by atoms with E-state index in [4.69, 9.17) is 11.6 Å². The van der Waals surface area contributed by atoms with Gasteiger partial charge in [0, 0.05) is 17.1 Å². The maximum Gasteiger partial charge on any atom is 0.129 e. The third-order valence-corrected chi connectivity index (χ3v) is 3.28. The summed E-state index contributed by atoms with van der Waals surface area (Å²) in [6.07, 6.45) is 0.886. The smallest absolute Gasteiger partial charge is 0.129 e. The van der Waals surface area contributed by atoms with Gasteiger partial charge in [0.2, 0.25) is 0 Å². The number of aromatic nitrogens is 1. The molecule has 18 heavy (non-hydrogen) atoms. The van der Waals surface area contributed by atoms with Crippen LogP contribution in [0.1, 0.15) is 17.2 Å². The zero-order valence-electron chi connectivity index (χ0n) is 9.28. The molecule has 0 aliphatic carbocycles. The predicted octanol–water partition coefficient (Wildman–Crippen LogP) is 3.91. The molecular formula is C13H10BrClFNO. The highest BCUT2D eigenvalue weighted by atomic mass is 79.9. The molecule has 0 fully saturated rings. The van der Waals surface area contributed by atoms with Crippen molar-refractivity contribution in [2.45, 2.75) is 12.5 Å². The third-order valence-electron chi connectivity index (χ3n) is 2.56. The second kappa shape index (κ2) is 5.78.